The first-order valence-corrected chi connectivity index (χ1v) is 6.05. The highest BCUT2D eigenvalue weighted by Crippen LogP contribution is 2.45. The minimum Gasteiger partial charge on any atom is -0.481 e. The first-order chi connectivity index (χ1) is 7.99. The summed E-state index contributed by atoms with van der Waals surface area (Å²) in [6, 6.07) is 3.16. The van der Waals surface area contributed by atoms with Crippen LogP contribution in [0.15, 0.2) is 12.1 Å². The second-order valence-electron chi connectivity index (χ2n) is 4.65. The van der Waals surface area contributed by atoms with E-state index < -0.39 is 17.2 Å². The van der Waals surface area contributed by atoms with Crippen LogP contribution < -0.4 is 0 Å². The van der Waals surface area contributed by atoms with Crippen molar-refractivity contribution in [2.24, 2.45) is 0 Å². The van der Waals surface area contributed by atoms with Crippen molar-refractivity contribution >= 4 is 17.6 Å². The predicted octanol–water partition coefficient (Wildman–Crippen LogP) is 3.68. The molecule has 0 heterocycles. The van der Waals surface area contributed by atoms with Gasteiger partial charge in [-0.2, -0.15) is 0 Å². The van der Waals surface area contributed by atoms with Crippen LogP contribution in [0.5, 0.6) is 0 Å². The van der Waals surface area contributed by atoms with Crippen molar-refractivity contribution in [2.75, 3.05) is 0 Å². The van der Waals surface area contributed by atoms with Gasteiger partial charge >= 0.3 is 5.97 Å². The van der Waals surface area contributed by atoms with Crippen molar-refractivity contribution in [2.45, 2.75) is 38.0 Å². The molecule has 1 aromatic carbocycles. The Morgan fingerprint density at radius 2 is 2.00 bits per heavy atom. The molecule has 0 spiro atoms. The molecule has 1 saturated carbocycles. The highest BCUT2D eigenvalue weighted by Gasteiger charge is 2.46. The Hall–Kier alpha value is -1.09. The molecule has 0 aliphatic heterocycles. The van der Waals surface area contributed by atoms with Crippen molar-refractivity contribution < 1.29 is 14.3 Å². The zero-order valence-electron chi connectivity index (χ0n) is 9.59. The summed E-state index contributed by atoms with van der Waals surface area (Å²) in [5.41, 5.74) is -0.520. The number of carbonyl (C=O) groups is 1. The quantitative estimate of drug-likeness (QED) is 0.876. The summed E-state index contributed by atoms with van der Waals surface area (Å²) in [6.45, 7) is 1.62. The third-order valence-corrected chi connectivity index (χ3v) is 3.94. The summed E-state index contributed by atoms with van der Waals surface area (Å²) in [6.07, 6.45) is 2.52. The van der Waals surface area contributed by atoms with Gasteiger partial charge in [-0.1, -0.05) is 30.5 Å². The van der Waals surface area contributed by atoms with E-state index in [0.29, 0.717) is 18.4 Å². The molecule has 0 aromatic heterocycles. The van der Waals surface area contributed by atoms with E-state index in [1.807, 2.05) is 0 Å². The van der Waals surface area contributed by atoms with Gasteiger partial charge in [0.05, 0.1) is 5.41 Å². The highest BCUT2D eigenvalue weighted by molar-refractivity contribution is 6.31. The molecule has 17 heavy (non-hydrogen) atoms. The van der Waals surface area contributed by atoms with Gasteiger partial charge in [0, 0.05) is 10.6 Å². The Labute approximate surface area is 104 Å². The van der Waals surface area contributed by atoms with Gasteiger partial charge in [0.15, 0.2) is 0 Å². The van der Waals surface area contributed by atoms with Crippen molar-refractivity contribution in [3.63, 3.8) is 0 Å². The van der Waals surface area contributed by atoms with Gasteiger partial charge in [0.1, 0.15) is 5.82 Å². The van der Waals surface area contributed by atoms with Crippen LogP contribution in [0.2, 0.25) is 5.02 Å². The summed E-state index contributed by atoms with van der Waals surface area (Å²) < 4.78 is 14.2. The number of carboxylic acid groups (broad SMARTS) is 1. The molecule has 0 saturated heterocycles. The van der Waals surface area contributed by atoms with Crippen LogP contribution in [0.3, 0.4) is 0 Å². The summed E-state index contributed by atoms with van der Waals surface area (Å²) in [7, 11) is 0. The molecule has 1 fully saturated rings. The second kappa shape index (κ2) is 4.30. The van der Waals surface area contributed by atoms with E-state index in [0.717, 1.165) is 12.8 Å². The molecule has 1 aliphatic carbocycles. The van der Waals surface area contributed by atoms with Crippen molar-refractivity contribution in [1.82, 2.24) is 0 Å². The lowest BCUT2D eigenvalue weighted by atomic mass is 9.78. The molecule has 0 amide bonds. The van der Waals surface area contributed by atoms with E-state index >= 15 is 0 Å². The van der Waals surface area contributed by atoms with E-state index in [1.54, 1.807) is 19.1 Å². The number of aliphatic carboxylic acids is 1. The number of hydrogen-bond acceptors (Lipinski definition) is 1. The topological polar surface area (TPSA) is 37.3 Å². The first-order valence-electron chi connectivity index (χ1n) is 5.67. The zero-order chi connectivity index (χ0) is 12.6. The van der Waals surface area contributed by atoms with Gasteiger partial charge < -0.3 is 5.11 Å². The molecule has 0 bridgehead atoms. The van der Waals surface area contributed by atoms with E-state index in [-0.39, 0.29) is 10.6 Å². The average molecular weight is 257 g/mol. The van der Waals surface area contributed by atoms with E-state index in [1.165, 1.54) is 0 Å². The van der Waals surface area contributed by atoms with Crippen molar-refractivity contribution in [3.05, 3.63) is 34.1 Å². The number of benzene rings is 1. The minimum atomic E-state index is -1.13. The molecular formula is C13H14ClFO2. The van der Waals surface area contributed by atoms with Crippen molar-refractivity contribution in [3.8, 4) is 0 Å². The monoisotopic (exact) mass is 256 g/mol. The maximum atomic E-state index is 14.2. The summed E-state index contributed by atoms with van der Waals surface area (Å²) >= 11 is 6.01. The van der Waals surface area contributed by atoms with Crippen molar-refractivity contribution in [1.29, 1.82) is 0 Å². The molecule has 2 nitrogen and oxygen atoms in total. The Bertz CT molecular complexity index is 465. The Morgan fingerprint density at radius 3 is 2.53 bits per heavy atom. The lowest BCUT2D eigenvalue weighted by Crippen LogP contribution is -2.34. The van der Waals surface area contributed by atoms with Crippen LogP contribution in [0.25, 0.3) is 0 Å². The largest absolute Gasteiger partial charge is 0.481 e. The first kappa shape index (κ1) is 12.4. The van der Waals surface area contributed by atoms with Crippen LogP contribution in [0, 0.1) is 12.7 Å². The van der Waals surface area contributed by atoms with Gasteiger partial charge in [-0.25, -0.2) is 4.39 Å². The minimum absolute atomic E-state index is 0.171. The van der Waals surface area contributed by atoms with Gasteiger partial charge in [0.2, 0.25) is 0 Å². The summed E-state index contributed by atoms with van der Waals surface area (Å²) in [4.78, 5) is 11.5. The van der Waals surface area contributed by atoms with Gasteiger partial charge in [-0.05, 0) is 31.4 Å². The Kier molecular flexibility index (Phi) is 3.13. The Morgan fingerprint density at radius 1 is 1.41 bits per heavy atom. The third-order valence-electron chi connectivity index (χ3n) is 3.63. The standard InChI is InChI=1S/C13H14ClFO2/c1-8-4-5-9(14)10(11(8)15)13(12(16)17)6-2-3-7-13/h4-5H,2-3,6-7H2,1H3,(H,16,17). The Balaban J connectivity index is 2.66. The maximum absolute atomic E-state index is 14.2. The molecule has 0 unspecified atom stereocenters. The molecule has 0 atom stereocenters. The summed E-state index contributed by atoms with van der Waals surface area (Å²) in [5.74, 6) is -1.44. The van der Waals surface area contributed by atoms with Crippen LogP contribution in [0.4, 0.5) is 4.39 Å². The lowest BCUT2D eigenvalue weighted by Gasteiger charge is -2.26. The molecule has 92 valence electrons. The number of aryl methyl sites for hydroxylation is 1. The molecule has 1 aromatic rings. The second-order valence-corrected chi connectivity index (χ2v) is 5.05. The van der Waals surface area contributed by atoms with Gasteiger partial charge in [0.25, 0.3) is 0 Å². The molecule has 0 radical (unpaired) electrons. The molecule has 1 aliphatic rings. The number of carboxylic acids is 1. The van der Waals surface area contributed by atoms with Crippen LogP contribution >= 0.6 is 11.6 Å². The zero-order valence-corrected chi connectivity index (χ0v) is 10.4. The molecule has 1 N–H and O–H groups in total. The fourth-order valence-corrected chi connectivity index (χ4v) is 2.97. The van der Waals surface area contributed by atoms with Gasteiger partial charge in [-0.3, -0.25) is 4.79 Å². The fourth-order valence-electron chi connectivity index (χ4n) is 2.64. The average Bonchev–Trinajstić information content (AvgIpc) is 2.74. The normalized spacial score (nSPS) is 18.3. The van der Waals surface area contributed by atoms with Crippen LogP contribution in [0.1, 0.15) is 36.8 Å². The predicted molar refractivity (Wildman–Crippen MR) is 63.9 cm³/mol. The van der Waals surface area contributed by atoms with E-state index in [2.05, 4.69) is 0 Å². The third kappa shape index (κ3) is 1.82. The molecule has 4 heteroatoms. The lowest BCUT2D eigenvalue weighted by molar-refractivity contribution is -0.143. The smallest absolute Gasteiger partial charge is 0.314 e. The van der Waals surface area contributed by atoms with E-state index in [4.69, 9.17) is 11.6 Å². The van der Waals surface area contributed by atoms with E-state index in [9.17, 15) is 14.3 Å². The van der Waals surface area contributed by atoms with Crippen LogP contribution in [-0.2, 0) is 10.2 Å². The summed E-state index contributed by atoms with van der Waals surface area (Å²) in [5, 5.41) is 9.65. The number of rotatable bonds is 2. The molecule has 2 rings (SSSR count). The highest BCUT2D eigenvalue weighted by atomic mass is 35.5. The van der Waals surface area contributed by atoms with Gasteiger partial charge in [-0.15, -0.1) is 0 Å². The van der Waals surface area contributed by atoms with Crippen LogP contribution in [-0.4, -0.2) is 11.1 Å². The number of hydrogen-bond donors (Lipinski definition) is 1. The SMILES string of the molecule is Cc1ccc(Cl)c(C2(C(=O)O)CCCC2)c1F. The number of halogens is 2. The molecular weight excluding hydrogens is 243 g/mol. The maximum Gasteiger partial charge on any atom is 0.314 e. The fraction of sp³-hybridized carbons (Fsp3) is 0.462.